The highest BCUT2D eigenvalue weighted by molar-refractivity contribution is 6.28. The Bertz CT molecular complexity index is 930. The number of nitrogens with zero attached hydrogens (tertiary/aromatic N) is 5. The Morgan fingerprint density at radius 3 is 3.00 bits per heavy atom. The van der Waals surface area contributed by atoms with Crippen LogP contribution >= 0.6 is 11.6 Å². The molecule has 2 aromatic heterocycles. The maximum atomic E-state index is 7.55. The first-order valence-corrected chi connectivity index (χ1v) is 10.1. The Kier molecular flexibility index (Phi) is 4.60. The highest BCUT2D eigenvalue weighted by Crippen LogP contribution is 2.38. The third-order valence-corrected chi connectivity index (χ3v) is 5.73. The van der Waals surface area contributed by atoms with Crippen molar-refractivity contribution in [2.24, 2.45) is 4.99 Å². The SMILES string of the molecule is N=CN=C(c1nc(Cl)[nH]c1C1CCCO1)N1CCc2nc(C3CC3)ncc2C1. The zero-order valence-corrected chi connectivity index (χ0v) is 16.2. The highest BCUT2D eigenvalue weighted by atomic mass is 35.5. The van der Waals surface area contributed by atoms with Crippen LogP contribution in [0.15, 0.2) is 11.2 Å². The Hall–Kier alpha value is -2.32. The minimum Gasteiger partial charge on any atom is -0.372 e. The summed E-state index contributed by atoms with van der Waals surface area (Å²) in [7, 11) is 0. The quantitative estimate of drug-likeness (QED) is 0.607. The van der Waals surface area contributed by atoms with E-state index in [9.17, 15) is 0 Å². The van der Waals surface area contributed by atoms with Crippen molar-refractivity contribution in [2.75, 3.05) is 13.2 Å². The van der Waals surface area contributed by atoms with Crippen LogP contribution in [0.1, 0.15) is 66.2 Å². The fourth-order valence-corrected chi connectivity index (χ4v) is 4.16. The first-order chi connectivity index (χ1) is 13.7. The van der Waals surface area contributed by atoms with Crippen molar-refractivity contribution >= 4 is 23.8 Å². The summed E-state index contributed by atoms with van der Waals surface area (Å²) in [6.07, 6.45) is 8.09. The van der Waals surface area contributed by atoms with Gasteiger partial charge < -0.3 is 14.6 Å². The molecule has 1 unspecified atom stereocenters. The number of imidazole rings is 1. The van der Waals surface area contributed by atoms with Gasteiger partial charge in [0.1, 0.15) is 17.9 Å². The van der Waals surface area contributed by atoms with Crippen LogP contribution in [0.25, 0.3) is 0 Å². The maximum absolute atomic E-state index is 7.55. The van der Waals surface area contributed by atoms with Crippen LogP contribution in [-0.4, -0.2) is 50.2 Å². The molecule has 2 aliphatic heterocycles. The van der Waals surface area contributed by atoms with Gasteiger partial charge in [-0.1, -0.05) is 0 Å². The summed E-state index contributed by atoms with van der Waals surface area (Å²) in [5.74, 6) is 2.18. The van der Waals surface area contributed by atoms with E-state index in [-0.39, 0.29) is 6.10 Å². The monoisotopic (exact) mass is 399 g/mol. The molecule has 0 amide bonds. The topological polar surface area (TPSA) is 103 Å². The van der Waals surface area contributed by atoms with E-state index in [4.69, 9.17) is 26.7 Å². The molecule has 8 nitrogen and oxygen atoms in total. The van der Waals surface area contributed by atoms with Gasteiger partial charge in [-0.2, -0.15) is 0 Å². The van der Waals surface area contributed by atoms with Gasteiger partial charge in [0, 0.05) is 43.8 Å². The molecular formula is C19H22ClN7O. The van der Waals surface area contributed by atoms with Crippen molar-refractivity contribution in [2.45, 2.75) is 50.7 Å². The van der Waals surface area contributed by atoms with Crippen LogP contribution in [0.3, 0.4) is 0 Å². The van der Waals surface area contributed by atoms with Gasteiger partial charge in [-0.3, -0.25) is 5.41 Å². The molecule has 3 aliphatic rings. The van der Waals surface area contributed by atoms with Crippen molar-refractivity contribution in [1.29, 1.82) is 5.41 Å². The highest BCUT2D eigenvalue weighted by Gasteiger charge is 2.31. The van der Waals surface area contributed by atoms with Gasteiger partial charge in [-0.15, -0.1) is 0 Å². The number of fused-ring (bicyclic) bond motifs is 1. The number of halogens is 1. The van der Waals surface area contributed by atoms with Crippen molar-refractivity contribution in [1.82, 2.24) is 24.8 Å². The van der Waals surface area contributed by atoms with Gasteiger partial charge >= 0.3 is 0 Å². The number of rotatable bonds is 4. The lowest BCUT2D eigenvalue weighted by molar-refractivity contribution is 0.108. The number of H-pyrrole nitrogens is 1. The number of aromatic nitrogens is 4. The predicted octanol–water partition coefficient (Wildman–Crippen LogP) is 2.99. The van der Waals surface area contributed by atoms with E-state index >= 15 is 0 Å². The average molecular weight is 400 g/mol. The summed E-state index contributed by atoms with van der Waals surface area (Å²) in [6, 6.07) is 0. The van der Waals surface area contributed by atoms with Crippen LogP contribution in [0.2, 0.25) is 5.28 Å². The summed E-state index contributed by atoms with van der Waals surface area (Å²) < 4.78 is 5.83. The van der Waals surface area contributed by atoms with E-state index in [1.54, 1.807) is 0 Å². The van der Waals surface area contributed by atoms with Gasteiger partial charge in [0.15, 0.2) is 5.84 Å². The van der Waals surface area contributed by atoms with E-state index in [1.807, 2.05) is 6.20 Å². The molecule has 1 atom stereocenters. The van der Waals surface area contributed by atoms with Crippen molar-refractivity contribution in [3.05, 3.63) is 40.0 Å². The number of ether oxygens (including phenoxy) is 1. The molecule has 2 fully saturated rings. The van der Waals surface area contributed by atoms with Crippen molar-refractivity contribution < 1.29 is 4.74 Å². The van der Waals surface area contributed by atoms with Crippen LogP contribution in [0.4, 0.5) is 0 Å². The lowest BCUT2D eigenvalue weighted by atomic mass is 10.1. The Morgan fingerprint density at radius 1 is 1.36 bits per heavy atom. The second-order valence-electron chi connectivity index (χ2n) is 7.52. The summed E-state index contributed by atoms with van der Waals surface area (Å²) >= 11 is 6.19. The third-order valence-electron chi connectivity index (χ3n) is 5.55. The van der Waals surface area contributed by atoms with E-state index < -0.39 is 0 Å². The second kappa shape index (κ2) is 7.25. The molecule has 0 spiro atoms. The molecule has 146 valence electrons. The zero-order valence-electron chi connectivity index (χ0n) is 15.5. The van der Waals surface area contributed by atoms with Gasteiger partial charge in [-0.05, 0) is 37.3 Å². The smallest absolute Gasteiger partial charge is 0.201 e. The van der Waals surface area contributed by atoms with Crippen LogP contribution in [-0.2, 0) is 17.7 Å². The second-order valence-corrected chi connectivity index (χ2v) is 7.88. The fourth-order valence-electron chi connectivity index (χ4n) is 3.97. The summed E-state index contributed by atoms with van der Waals surface area (Å²) in [4.78, 5) is 23.4. The maximum Gasteiger partial charge on any atom is 0.201 e. The van der Waals surface area contributed by atoms with Gasteiger partial charge in [0.25, 0.3) is 0 Å². The minimum atomic E-state index is -0.0626. The van der Waals surface area contributed by atoms with Crippen molar-refractivity contribution in [3.63, 3.8) is 0 Å². The third kappa shape index (κ3) is 3.31. The number of nitrogens with one attached hydrogen (secondary N) is 2. The average Bonchev–Trinajstić information content (AvgIpc) is 3.28. The number of amidine groups is 1. The fraction of sp³-hybridized carbons (Fsp3) is 0.526. The van der Waals surface area contributed by atoms with Gasteiger partial charge in [0.2, 0.25) is 5.28 Å². The predicted molar refractivity (Wildman–Crippen MR) is 105 cm³/mol. The molecule has 0 bridgehead atoms. The molecule has 4 heterocycles. The Labute approximate surface area is 167 Å². The van der Waals surface area contributed by atoms with E-state index in [0.717, 1.165) is 61.5 Å². The Balaban J connectivity index is 1.45. The van der Waals surface area contributed by atoms with E-state index in [1.165, 1.54) is 12.8 Å². The van der Waals surface area contributed by atoms with Crippen LogP contribution in [0.5, 0.6) is 0 Å². The molecule has 0 aromatic carbocycles. The molecule has 2 N–H and O–H groups in total. The van der Waals surface area contributed by atoms with Crippen LogP contribution < -0.4 is 0 Å². The summed E-state index contributed by atoms with van der Waals surface area (Å²) in [6.45, 7) is 2.13. The number of hydrogen-bond donors (Lipinski definition) is 2. The largest absolute Gasteiger partial charge is 0.372 e. The lowest BCUT2D eigenvalue weighted by Gasteiger charge is -2.30. The van der Waals surface area contributed by atoms with Gasteiger partial charge in [0.05, 0.1) is 17.5 Å². The lowest BCUT2D eigenvalue weighted by Crippen LogP contribution is -2.38. The normalized spacial score (nSPS) is 22.4. The van der Waals surface area contributed by atoms with Gasteiger partial charge in [-0.25, -0.2) is 19.9 Å². The molecule has 1 saturated heterocycles. The standard InChI is InChI=1S/C19H22ClN7O/c20-19-25-15(14-2-1-7-28-14)16(26-19)18(23-10-21)27-6-5-13-12(9-27)8-22-17(24-13)11-3-4-11/h8,10-11,14,21H,1-7,9H2,(H,25,26). The van der Waals surface area contributed by atoms with Crippen molar-refractivity contribution in [3.8, 4) is 0 Å². The molecule has 9 heteroatoms. The number of aliphatic imine (C=N–C) groups is 1. The molecule has 5 rings (SSSR count). The molecule has 0 radical (unpaired) electrons. The molecular weight excluding hydrogens is 378 g/mol. The Morgan fingerprint density at radius 2 is 2.25 bits per heavy atom. The van der Waals surface area contributed by atoms with E-state index in [2.05, 4.69) is 24.8 Å². The number of hydrogen-bond acceptors (Lipinski definition) is 5. The summed E-state index contributed by atoms with van der Waals surface area (Å²) in [5, 5.41) is 7.86. The zero-order chi connectivity index (χ0) is 19.1. The molecule has 2 aromatic rings. The first-order valence-electron chi connectivity index (χ1n) is 9.76. The van der Waals surface area contributed by atoms with Crippen LogP contribution in [0, 0.1) is 5.41 Å². The van der Waals surface area contributed by atoms with E-state index in [0.29, 0.717) is 29.3 Å². The minimum absolute atomic E-state index is 0.0626. The molecule has 1 aliphatic carbocycles. The number of aromatic amines is 1. The molecule has 28 heavy (non-hydrogen) atoms. The molecule has 1 saturated carbocycles. The summed E-state index contributed by atoms with van der Waals surface area (Å²) in [5.41, 5.74) is 3.74. The first kappa shape index (κ1) is 17.8.